The molecule has 0 aromatic rings. The van der Waals surface area contributed by atoms with Gasteiger partial charge in [-0.2, -0.15) is 0 Å². The van der Waals surface area contributed by atoms with Gasteiger partial charge in [-0.05, 0) is 19.8 Å². The van der Waals surface area contributed by atoms with Gasteiger partial charge in [-0.15, -0.1) is 0 Å². The second-order valence-electron chi connectivity index (χ2n) is 2.38. The highest BCUT2D eigenvalue weighted by Crippen LogP contribution is 2.02. The minimum absolute atomic E-state index is 1.24. The Kier molecular flexibility index (Phi) is 5.70. The second kappa shape index (κ2) is 5.87. The molecule has 0 fully saturated rings. The minimum Gasteiger partial charge on any atom is -0.0853 e. The van der Waals surface area contributed by atoms with Crippen molar-refractivity contribution in [1.29, 1.82) is 0 Å². The Balaban J connectivity index is 3.21. The van der Waals surface area contributed by atoms with E-state index in [1.807, 2.05) is 0 Å². The van der Waals surface area contributed by atoms with Gasteiger partial charge in [0.15, 0.2) is 0 Å². The predicted molar refractivity (Wildman–Crippen MR) is 43.3 cm³/mol. The molecule has 0 amide bonds. The normalized spacial score (nSPS) is 12.1. The van der Waals surface area contributed by atoms with Crippen molar-refractivity contribution in [2.24, 2.45) is 0 Å². The number of allylic oxidation sites excluding steroid dienone is 2. The van der Waals surface area contributed by atoms with E-state index in [1.54, 1.807) is 0 Å². The van der Waals surface area contributed by atoms with E-state index in [-0.39, 0.29) is 0 Å². The largest absolute Gasteiger partial charge is 0.0853 e. The smallest absolute Gasteiger partial charge is 0.0172 e. The molecule has 0 heterocycles. The van der Waals surface area contributed by atoms with Crippen LogP contribution in [-0.4, -0.2) is 0 Å². The fourth-order valence-electron chi connectivity index (χ4n) is 0.652. The third-order valence-electron chi connectivity index (χ3n) is 1.48. The van der Waals surface area contributed by atoms with Crippen molar-refractivity contribution in [1.82, 2.24) is 0 Å². The average Bonchev–Trinajstić information content (AvgIpc) is 1.89. The number of rotatable bonds is 4. The molecule has 0 saturated heterocycles. The van der Waals surface area contributed by atoms with E-state index in [1.165, 1.54) is 24.8 Å². The second-order valence-corrected chi connectivity index (χ2v) is 2.38. The van der Waals surface area contributed by atoms with Crippen molar-refractivity contribution in [3.63, 3.8) is 0 Å². The highest BCUT2D eigenvalue weighted by atomic mass is 13.9. The van der Waals surface area contributed by atoms with E-state index >= 15 is 0 Å². The van der Waals surface area contributed by atoms with Crippen LogP contribution in [0.15, 0.2) is 11.6 Å². The first-order chi connectivity index (χ1) is 4.31. The van der Waals surface area contributed by atoms with E-state index in [0.29, 0.717) is 0 Å². The van der Waals surface area contributed by atoms with Crippen LogP contribution in [0.3, 0.4) is 0 Å². The zero-order valence-corrected chi connectivity index (χ0v) is 6.78. The van der Waals surface area contributed by atoms with Crippen LogP contribution < -0.4 is 0 Å². The third-order valence-corrected chi connectivity index (χ3v) is 1.48. The van der Waals surface area contributed by atoms with Crippen LogP contribution in [0.4, 0.5) is 0 Å². The lowest BCUT2D eigenvalue weighted by molar-refractivity contribution is 0.811. The van der Waals surface area contributed by atoms with Crippen molar-refractivity contribution in [3.8, 4) is 0 Å². The van der Waals surface area contributed by atoms with Crippen molar-refractivity contribution in [2.75, 3.05) is 0 Å². The molecule has 1 radical (unpaired) electrons. The van der Waals surface area contributed by atoms with Gasteiger partial charge >= 0.3 is 0 Å². The molecule has 0 atom stereocenters. The van der Waals surface area contributed by atoms with Gasteiger partial charge in [-0.25, -0.2) is 0 Å². The molecule has 0 aromatic carbocycles. The molecule has 53 valence electrons. The summed E-state index contributed by atoms with van der Waals surface area (Å²) in [5, 5.41) is 0. The first kappa shape index (κ1) is 8.74. The molecule has 0 aliphatic carbocycles. The number of unbranched alkanes of at least 4 members (excludes halogenated alkanes) is 2. The molecule has 0 aromatic heterocycles. The highest BCUT2D eigenvalue weighted by molar-refractivity contribution is 5.07. The SMILES string of the molecule is C[CH]/C(C)=C\CCCC. The molecule has 0 N–H and O–H groups in total. The van der Waals surface area contributed by atoms with Crippen molar-refractivity contribution in [3.05, 3.63) is 18.1 Å². The van der Waals surface area contributed by atoms with Crippen LogP contribution in [-0.2, 0) is 0 Å². The van der Waals surface area contributed by atoms with Gasteiger partial charge < -0.3 is 0 Å². The third kappa shape index (κ3) is 5.61. The fraction of sp³-hybridized carbons (Fsp3) is 0.667. The van der Waals surface area contributed by atoms with Gasteiger partial charge in [0.1, 0.15) is 0 Å². The van der Waals surface area contributed by atoms with E-state index in [4.69, 9.17) is 0 Å². The molecule has 0 spiro atoms. The molecule has 0 nitrogen and oxygen atoms in total. The zero-order chi connectivity index (χ0) is 7.11. The van der Waals surface area contributed by atoms with E-state index < -0.39 is 0 Å². The van der Waals surface area contributed by atoms with Crippen LogP contribution in [0.5, 0.6) is 0 Å². The molecular formula is C9H17. The molecule has 0 bridgehead atoms. The zero-order valence-electron chi connectivity index (χ0n) is 6.78. The summed E-state index contributed by atoms with van der Waals surface area (Å²) in [7, 11) is 0. The quantitative estimate of drug-likeness (QED) is 0.505. The van der Waals surface area contributed by atoms with Crippen LogP contribution in [0.25, 0.3) is 0 Å². The van der Waals surface area contributed by atoms with Crippen LogP contribution in [0.1, 0.15) is 40.0 Å². The Hall–Kier alpha value is -0.260. The van der Waals surface area contributed by atoms with E-state index in [9.17, 15) is 0 Å². The summed E-state index contributed by atoms with van der Waals surface area (Å²) >= 11 is 0. The fourth-order valence-corrected chi connectivity index (χ4v) is 0.652. The van der Waals surface area contributed by atoms with Gasteiger partial charge in [0.25, 0.3) is 0 Å². The molecule has 0 heteroatoms. The maximum Gasteiger partial charge on any atom is -0.0172 e. The van der Waals surface area contributed by atoms with Gasteiger partial charge in [-0.3, -0.25) is 0 Å². The summed E-state index contributed by atoms with van der Waals surface area (Å²) in [5.74, 6) is 0. The molecule has 0 aliphatic rings. The average molecular weight is 125 g/mol. The van der Waals surface area contributed by atoms with Crippen LogP contribution >= 0.6 is 0 Å². The van der Waals surface area contributed by atoms with Crippen LogP contribution in [0.2, 0.25) is 0 Å². The van der Waals surface area contributed by atoms with Gasteiger partial charge in [0.05, 0.1) is 0 Å². The lowest BCUT2D eigenvalue weighted by Gasteiger charge is -1.93. The first-order valence-corrected chi connectivity index (χ1v) is 3.77. The van der Waals surface area contributed by atoms with Gasteiger partial charge in [0.2, 0.25) is 0 Å². The molecule has 0 unspecified atom stereocenters. The monoisotopic (exact) mass is 125 g/mol. The van der Waals surface area contributed by atoms with Crippen molar-refractivity contribution in [2.45, 2.75) is 40.0 Å². The van der Waals surface area contributed by atoms with E-state index in [2.05, 4.69) is 33.3 Å². The maximum absolute atomic E-state index is 2.30. The summed E-state index contributed by atoms with van der Waals surface area (Å²) in [6.07, 6.45) is 8.31. The Morgan fingerprint density at radius 1 is 1.44 bits per heavy atom. The van der Waals surface area contributed by atoms with Gasteiger partial charge in [-0.1, -0.05) is 38.3 Å². The topological polar surface area (TPSA) is 0 Å². The summed E-state index contributed by atoms with van der Waals surface area (Å²) in [6, 6.07) is 0. The Bertz CT molecular complexity index is 80.0. The Labute approximate surface area is 59.0 Å². The predicted octanol–water partition coefficient (Wildman–Crippen LogP) is 3.35. The first-order valence-electron chi connectivity index (χ1n) is 3.77. The van der Waals surface area contributed by atoms with Crippen LogP contribution in [0, 0.1) is 6.42 Å². The summed E-state index contributed by atoms with van der Waals surface area (Å²) < 4.78 is 0. The summed E-state index contributed by atoms with van der Waals surface area (Å²) in [4.78, 5) is 0. The molecule has 9 heavy (non-hydrogen) atoms. The minimum atomic E-state index is 1.24. The van der Waals surface area contributed by atoms with Gasteiger partial charge in [0, 0.05) is 0 Å². The standard InChI is InChI=1S/C9H17/c1-4-6-7-8-9(3)5-2/h5,8H,4,6-7H2,1-3H3/b9-8-. The number of hydrogen-bond donors (Lipinski definition) is 0. The Morgan fingerprint density at radius 2 is 2.11 bits per heavy atom. The highest BCUT2D eigenvalue weighted by Gasteiger charge is 1.82. The lowest BCUT2D eigenvalue weighted by atomic mass is 10.1. The summed E-state index contributed by atoms with van der Waals surface area (Å²) in [5.41, 5.74) is 1.41. The summed E-state index contributed by atoms with van der Waals surface area (Å²) in [6.45, 7) is 6.45. The lowest BCUT2D eigenvalue weighted by Crippen LogP contribution is -1.73. The molecule has 0 rings (SSSR count). The molecule has 0 saturated carbocycles. The maximum atomic E-state index is 2.30. The Morgan fingerprint density at radius 3 is 2.56 bits per heavy atom. The molecule has 0 aliphatic heterocycles. The van der Waals surface area contributed by atoms with E-state index in [0.717, 1.165) is 0 Å². The van der Waals surface area contributed by atoms with Crippen molar-refractivity contribution >= 4 is 0 Å². The number of hydrogen-bond acceptors (Lipinski definition) is 0. The molecular weight excluding hydrogens is 108 g/mol. The van der Waals surface area contributed by atoms with Crippen molar-refractivity contribution < 1.29 is 0 Å².